The summed E-state index contributed by atoms with van der Waals surface area (Å²) in [5.74, 6) is -1.31. The highest BCUT2D eigenvalue weighted by Crippen LogP contribution is 2.32. The largest absolute Gasteiger partial charge is 0.444 e. The van der Waals surface area contributed by atoms with E-state index in [-0.39, 0.29) is 19.6 Å². The molecule has 4 nitrogen and oxygen atoms in total. The molecule has 0 bridgehead atoms. The lowest BCUT2D eigenvalue weighted by molar-refractivity contribution is -0.140. The van der Waals surface area contributed by atoms with E-state index in [2.05, 4.69) is 0 Å². The van der Waals surface area contributed by atoms with Crippen molar-refractivity contribution in [2.45, 2.75) is 45.1 Å². The average Bonchev–Trinajstić information content (AvgIpc) is 2.47. The average molecular weight is 363 g/mol. The predicted octanol–water partition coefficient (Wildman–Crippen LogP) is 4.02. The molecule has 140 valence electrons. The molecule has 0 aliphatic carbocycles. The summed E-state index contributed by atoms with van der Waals surface area (Å²) in [4.78, 5) is 13.6. The molecular weight excluding hydrogens is 342 g/mol. The van der Waals surface area contributed by atoms with Crippen LogP contribution in [-0.4, -0.2) is 42.4 Å². The Morgan fingerprint density at radius 2 is 2.00 bits per heavy atom. The predicted molar refractivity (Wildman–Crippen MR) is 82.7 cm³/mol. The first-order valence-electron chi connectivity index (χ1n) is 7.91. The molecule has 0 radical (unpaired) electrons. The second-order valence-corrected chi connectivity index (χ2v) is 6.94. The fraction of sp³-hybridized carbons (Fsp3) is 0.588. The lowest BCUT2D eigenvalue weighted by Gasteiger charge is -2.34. The van der Waals surface area contributed by atoms with E-state index in [1.807, 2.05) is 0 Å². The standard InChI is InChI=1S/C17H21F4NO3/c1-16(2,3)25-15(23)22-6-7-24-12(10-22)8-11-4-5-14(18)13(9-11)17(19,20)21/h4-5,9,12H,6-8,10H2,1-3H3. The minimum Gasteiger partial charge on any atom is -0.444 e. The molecule has 1 aromatic carbocycles. The fourth-order valence-corrected chi connectivity index (χ4v) is 2.51. The van der Waals surface area contributed by atoms with Crippen LogP contribution in [0.3, 0.4) is 0 Å². The van der Waals surface area contributed by atoms with Gasteiger partial charge in [0.2, 0.25) is 0 Å². The molecule has 1 fully saturated rings. The van der Waals surface area contributed by atoms with E-state index in [0.717, 1.165) is 12.1 Å². The number of nitrogens with zero attached hydrogens (tertiary/aromatic N) is 1. The van der Waals surface area contributed by atoms with Gasteiger partial charge in [-0.2, -0.15) is 13.2 Å². The lowest BCUT2D eigenvalue weighted by Crippen LogP contribution is -2.48. The molecule has 1 aliphatic rings. The number of hydrogen-bond acceptors (Lipinski definition) is 3. The summed E-state index contributed by atoms with van der Waals surface area (Å²) in [6, 6.07) is 2.87. The van der Waals surface area contributed by atoms with Gasteiger partial charge in [0.1, 0.15) is 11.4 Å². The number of halogens is 4. The Morgan fingerprint density at radius 3 is 2.60 bits per heavy atom. The number of alkyl halides is 3. The van der Waals surface area contributed by atoms with E-state index in [4.69, 9.17) is 9.47 Å². The first kappa shape index (κ1) is 19.5. The number of ether oxygens (including phenoxy) is 2. The van der Waals surface area contributed by atoms with Crippen LogP contribution in [0.1, 0.15) is 31.9 Å². The zero-order valence-electron chi connectivity index (χ0n) is 14.3. The van der Waals surface area contributed by atoms with Crippen molar-refractivity contribution in [3.8, 4) is 0 Å². The minimum atomic E-state index is -4.75. The van der Waals surface area contributed by atoms with Gasteiger partial charge in [0.05, 0.1) is 24.8 Å². The number of amides is 1. The monoisotopic (exact) mass is 363 g/mol. The van der Waals surface area contributed by atoms with Crippen LogP contribution >= 0.6 is 0 Å². The van der Waals surface area contributed by atoms with Crippen molar-refractivity contribution in [2.24, 2.45) is 0 Å². The number of benzene rings is 1. The maximum atomic E-state index is 13.3. The third kappa shape index (κ3) is 5.59. The summed E-state index contributed by atoms with van der Waals surface area (Å²) in [5, 5.41) is 0. The smallest absolute Gasteiger partial charge is 0.419 e. The molecule has 0 saturated carbocycles. The third-order valence-corrected chi connectivity index (χ3v) is 3.59. The van der Waals surface area contributed by atoms with Crippen LogP contribution in [0.2, 0.25) is 0 Å². The quantitative estimate of drug-likeness (QED) is 0.745. The second-order valence-electron chi connectivity index (χ2n) is 6.94. The second kappa shape index (κ2) is 7.19. The van der Waals surface area contributed by atoms with E-state index in [1.165, 1.54) is 11.0 Å². The summed E-state index contributed by atoms with van der Waals surface area (Å²) in [7, 11) is 0. The number of hydrogen-bond donors (Lipinski definition) is 0. The van der Waals surface area contributed by atoms with Gasteiger partial charge in [0, 0.05) is 13.0 Å². The Morgan fingerprint density at radius 1 is 1.32 bits per heavy atom. The fourth-order valence-electron chi connectivity index (χ4n) is 2.51. The van der Waals surface area contributed by atoms with Gasteiger partial charge in [-0.25, -0.2) is 9.18 Å². The topological polar surface area (TPSA) is 38.8 Å². The van der Waals surface area contributed by atoms with Crippen molar-refractivity contribution in [3.05, 3.63) is 35.1 Å². The van der Waals surface area contributed by atoms with Crippen LogP contribution < -0.4 is 0 Å². The minimum absolute atomic E-state index is 0.142. The van der Waals surface area contributed by atoms with Crippen molar-refractivity contribution in [2.75, 3.05) is 19.7 Å². The van der Waals surface area contributed by atoms with Gasteiger partial charge in [-0.15, -0.1) is 0 Å². The molecule has 1 atom stereocenters. The van der Waals surface area contributed by atoms with Crippen molar-refractivity contribution in [1.82, 2.24) is 4.90 Å². The molecule has 1 saturated heterocycles. The first-order chi connectivity index (χ1) is 11.5. The molecule has 1 aromatic rings. The summed E-state index contributed by atoms with van der Waals surface area (Å²) in [5.41, 5.74) is -1.64. The molecule has 1 unspecified atom stereocenters. The van der Waals surface area contributed by atoms with Crippen LogP contribution in [0, 0.1) is 5.82 Å². The Bertz CT molecular complexity index is 625. The normalized spacial score (nSPS) is 19.0. The van der Waals surface area contributed by atoms with Gasteiger partial charge < -0.3 is 14.4 Å². The zero-order valence-corrected chi connectivity index (χ0v) is 14.3. The van der Waals surface area contributed by atoms with Crippen LogP contribution in [0.5, 0.6) is 0 Å². The van der Waals surface area contributed by atoms with Gasteiger partial charge in [-0.3, -0.25) is 0 Å². The van der Waals surface area contributed by atoms with Gasteiger partial charge in [-0.1, -0.05) is 6.07 Å². The van der Waals surface area contributed by atoms with Crippen molar-refractivity contribution < 1.29 is 31.8 Å². The van der Waals surface area contributed by atoms with Gasteiger partial charge in [0.15, 0.2) is 0 Å². The molecular formula is C17H21F4NO3. The molecule has 1 amide bonds. The molecule has 1 heterocycles. The Labute approximate surface area is 143 Å². The molecule has 0 aromatic heterocycles. The third-order valence-electron chi connectivity index (χ3n) is 3.59. The van der Waals surface area contributed by atoms with E-state index < -0.39 is 35.4 Å². The Hall–Kier alpha value is -1.83. The summed E-state index contributed by atoms with van der Waals surface area (Å²) in [6.07, 6.45) is -5.58. The van der Waals surface area contributed by atoms with E-state index in [9.17, 15) is 22.4 Å². The number of rotatable bonds is 2. The van der Waals surface area contributed by atoms with Crippen molar-refractivity contribution >= 4 is 6.09 Å². The molecule has 0 N–H and O–H groups in total. The number of carbonyl (C=O) groups excluding carboxylic acids is 1. The summed E-state index contributed by atoms with van der Waals surface area (Å²) >= 11 is 0. The molecule has 8 heteroatoms. The molecule has 2 rings (SSSR count). The highest BCUT2D eigenvalue weighted by molar-refractivity contribution is 5.68. The van der Waals surface area contributed by atoms with E-state index in [0.29, 0.717) is 12.1 Å². The molecule has 1 aliphatic heterocycles. The maximum Gasteiger partial charge on any atom is 0.419 e. The number of carbonyl (C=O) groups is 1. The Kier molecular flexibility index (Phi) is 5.61. The van der Waals surface area contributed by atoms with Crippen LogP contribution in [0.15, 0.2) is 18.2 Å². The van der Waals surface area contributed by atoms with Crippen molar-refractivity contribution in [3.63, 3.8) is 0 Å². The molecule has 0 spiro atoms. The van der Waals surface area contributed by atoms with Gasteiger partial charge >= 0.3 is 12.3 Å². The van der Waals surface area contributed by atoms with Crippen LogP contribution in [0.4, 0.5) is 22.4 Å². The first-order valence-corrected chi connectivity index (χ1v) is 7.91. The van der Waals surface area contributed by atoms with Crippen molar-refractivity contribution in [1.29, 1.82) is 0 Å². The van der Waals surface area contributed by atoms with Gasteiger partial charge in [0.25, 0.3) is 0 Å². The van der Waals surface area contributed by atoms with Crippen LogP contribution in [-0.2, 0) is 22.1 Å². The van der Waals surface area contributed by atoms with Gasteiger partial charge in [-0.05, 0) is 38.5 Å². The maximum absolute atomic E-state index is 13.3. The SMILES string of the molecule is CC(C)(C)OC(=O)N1CCOC(Cc2ccc(F)c(C(F)(F)F)c2)C1. The highest BCUT2D eigenvalue weighted by atomic mass is 19.4. The highest BCUT2D eigenvalue weighted by Gasteiger charge is 2.35. The zero-order chi connectivity index (χ0) is 18.8. The summed E-state index contributed by atoms with van der Waals surface area (Å²) in [6.45, 7) is 6.06. The molecule has 25 heavy (non-hydrogen) atoms. The van der Waals surface area contributed by atoms with E-state index >= 15 is 0 Å². The Balaban J connectivity index is 2.04. The lowest BCUT2D eigenvalue weighted by atomic mass is 10.0. The van der Waals surface area contributed by atoms with Crippen LogP contribution in [0.25, 0.3) is 0 Å². The van der Waals surface area contributed by atoms with E-state index in [1.54, 1.807) is 20.8 Å². The summed E-state index contributed by atoms with van der Waals surface area (Å²) < 4.78 is 62.5. The number of morpholine rings is 1.